The van der Waals surface area contributed by atoms with Crippen LogP contribution in [0.25, 0.3) is 10.9 Å². The zero-order valence-corrected chi connectivity index (χ0v) is 18.2. The van der Waals surface area contributed by atoms with Gasteiger partial charge in [0.25, 0.3) is 0 Å². The number of likely N-dealkylation sites (tertiary alicyclic amines) is 1. The number of ether oxygens (including phenoxy) is 1. The Morgan fingerprint density at radius 2 is 2.03 bits per heavy atom. The molecule has 0 spiro atoms. The summed E-state index contributed by atoms with van der Waals surface area (Å²) in [5, 5.41) is 12.7. The van der Waals surface area contributed by atoms with Gasteiger partial charge in [-0.25, -0.2) is 0 Å². The molecular weight excluding hydrogens is 384 g/mol. The summed E-state index contributed by atoms with van der Waals surface area (Å²) in [7, 11) is 1.66. The van der Waals surface area contributed by atoms with E-state index in [0.717, 1.165) is 38.1 Å². The van der Waals surface area contributed by atoms with E-state index in [1.807, 2.05) is 6.07 Å². The van der Waals surface area contributed by atoms with E-state index in [1.54, 1.807) is 7.11 Å². The van der Waals surface area contributed by atoms with Gasteiger partial charge in [0.1, 0.15) is 0 Å². The minimum atomic E-state index is -0.00913. The summed E-state index contributed by atoms with van der Waals surface area (Å²) < 4.78 is 5.56. The molecule has 0 amide bonds. The highest BCUT2D eigenvalue weighted by Crippen LogP contribution is 2.58. The number of piperidine rings is 1. The standard InChI is InChI=1S/C27H30N2O2/c1-31-24-9-8-17-12-23-20-13-19-18-4-2-3-5-21(18)28-22(19)14-27(20,25(17)26(24)30)10-11-29(23)15-16-6-7-16/h2-5,8-9,16,20,23,28,30H,6-7,10-15H2,1H3/t20-,23-,27-/m0/s1. The Labute approximate surface area is 183 Å². The Morgan fingerprint density at radius 3 is 2.87 bits per heavy atom. The molecule has 2 bridgehead atoms. The number of nitrogens with one attached hydrogen (secondary N) is 1. The van der Waals surface area contributed by atoms with Crippen LogP contribution in [0.4, 0.5) is 0 Å². The summed E-state index contributed by atoms with van der Waals surface area (Å²) >= 11 is 0. The van der Waals surface area contributed by atoms with Crippen LogP contribution in [0.2, 0.25) is 0 Å². The second-order valence-electron chi connectivity index (χ2n) is 10.4. The first-order chi connectivity index (χ1) is 15.2. The highest BCUT2D eigenvalue weighted by atomic mass is 16.5. The van der Waals surface area contributed by atoms with Crippen molar-refractivity contribution in [2.24, 2.45) is 11.8 Å². The van der Waals surface area contributed by atoms with E-state index in [1.165, 1.54) is 52.7 Å². The van der Waals surface area contributed by atoms with Crippen LogP contribution in [0.5, 0.6) is 11.5 Å². The number of aromatic amines is 1. The van der Waals surface area contributed by atoms with Crippen molar-refractivity contribution in [2.75, 3.05) is 20.2 Å². The van der Waals surface area contributed by atoms with Crippen LogP contribution in [-0.4, -0.2) is 41.2 Å². The molecule has 31 heavy (non-hydrogen) atoms. The maximum Gasteiger partial charge on any atom is 0.161 e. The van der Waals surface area contributed by atoms with Crippen molar-refractivity contribution < 1.29 is 9.84 Å². The fraction of sp³-hybridized carbons (Fsp3) is 0.481. The first-order valence-electron chi connectivity index (χ1n) is 11.9. The number of phenolic OH excluding ortho intramolecular Hbond substituents is 1. The number of rotatable bonds is 3. The van der Waals surface area contributed by atoms with Crippen LogP contribution < -0.4 is 4.74 Å². The second-order valence-corrected chi connectivity index (χ2v) is 10.4. The number of aromatic hydroxyl groups is 1. The van der Waals surface area contributed by atoms with Crippen LogP contribution in [0.3, 0.4) is 0 Å². The monoisotopic (exact) mass is 414 g/mol. The van der Waals surface area contributed by atoms with Crippen LogP contribution in [0.15, 0.2) is 36.4 Å². The normalized spacial score (nSPS) is 29.3. The molecule has 0 unspecified atom stereocenters. The molecule has 2 fully saturated rings. The molecule has 3 aromatic rings. The zero-order valence-electron chi connectivity index (χ0n) is 18.2. The van der Waals surface area contributed by atoms with Crippen molar-refractivity contribution in [3.8, 4) is 11.5 Å². The number of methoxy groups -OCH3 is 1. The van der Waals surface area contributed by atoms with Gasteiger partial charge in [-0.05, 0) is 80.2 Å². The van der Waals surface area contributed by atoms with Gasteiger partial charge in [0.05, 0.1) is 7.11 Å². The van der Waals surface area contributed by atoms with Crippen molar-refractivity contribution in [3.05, 3.63) is 58.8 Å². The summed E-state index contributed by atoms with van der Waals surface area (Å²) in [6.45, 7) is 2.40. The number of hydrogen-bond acceptors (Lipinski definition) is 3. The summed E-state index contributed by atoms with van der Waals surface area (Å²) in [5.74, 6) is 2.45. The van der Waals surface area contributed by atoms with Crippen molar-refractivity contribution in [3.63, 3.8) is 0 Å². The number of phenols is 1. The summed E-state index contributed by atoms with van der Waals surface area (Å²) in [5.41, 5.74) is 6.65. The smallest absolute Gasteiger partial charge is 0.161 e. The molecule has 2 aromatic carbocycles. The lowest BCUT2D eigenvalue weighted by molar-refractivity contribution is 0.00387. The van der Waals surface area contributed by atoms with Crippen LogP contribution in [0.1, 0.15) is 41.6 Å². The van der Waals surface area contributed by atoms with Gasteiger partial charge in [-0.1, -0.05) is 24.3 Å². The Kier molecular flexibility index (Phi) is 3.68. The lowest BCUT2D eigenvalue weighted by Crippen LogP contribution is -2.62. The number of para-hydroxylation sites is 1. The number of benzene rings is 2. The number of H-pyrrole nitrogens is 1. The van der Waals surface area contributed by atoms with Crippen LogP contribution in [-0.2, 0) is 24.7 Å². The second kappa shape index (κ2) is 6.29. The van der Waals surface area contributed by atoms with Gasteiger partial charge in [-0.3, -0.25) is 4.90 Å². The highest BCUT2D eigenvalue weighted by Gasteiger charge is 2.57. The molecule has 4 aliphatic rings. The van der Waals surface area contributed by atoms with Crippen molar-refractivity contribution in [1.29, 1.82) is 0 Å². The van der Waals surface area contributed by atoms with Crippen molar-refractivity contribution >= 4 is 10.9 Å². The fourth-order valence-electron chi connectivity index (χ4n) is 7.30. The molecule has 1 saturated heterocycles. The maximum absolute atomic E-state index is 11.3. The molecule has 3 atom stereocenters. The number of aromatic nitrogens is 1. The molecule has 0 radical (unpaired) electrons. The average molecular weight is 415 g/mol. The van der Waals surface area contributed by atoms with E-state index in [0.29, 0.717) is 23.5 Å². The van der Waals surface area contributed by atoms with Gasteiger partial charge in [0.2, 0.25) is 0 Å². The van der Waals surface area contributed by atoms with Gasteiger partial charge >= 0.3 is 0 Å². The fourth-order valence-corrected chi connectivity index (χ4v) is 7.30. The van der Waals surface area contributed by atoms with Gasteiger partial charge in [-0.15, -0.1) is 0 Å². The summed E-state index contributed by atoms with van der Waals surface area (Å²) in [6.07, 6.45) is 7.05. The highest BCUT2D eigenvalue weighted by molar-refractivity contribution is 5.85. The molecule has 1 saturated carbocycles. The molecule has 160 valence electrons. The predicted molar refractivity (Wildman–Crippen MR) is 122 cm³/mol. The first-order valence-corrected chi connectivity index (χ1v) is 11.9. The van der Waals surface area contributed by atoms with Gasteiger partial charge in [0.15, 0.2) is 11.5 Å². The Bertz CT molecular complexity index is 1190. The van der Waals surface area contributed by atoms with E-state index in [4.69, 9.17) is 4.74 Å². The Balaban J connectivity index is 1.43. The zero-order chi connectivity index (χ0) is 20.7. The van der Waals surface area contributed by atoms with E-state index < -0.39 is 0 Å². The summed E-state index contributed by atoms with van der Waals surface area (Å²) in [6, 6.07) is 13.5. The van der Waals surface area contributed by atoms with Gasteiger partial charge < -0.3 is 14.8 Å². The van der Waals surface area contributed by atoms with Crippen LogP contribution in [0, 0.1) is 11.8 Å². The molecule has 1 aromatic heterocycles. The summed E-state index contributed by atoms with van der Waals surface area (Å²) in [4.78, 5) is 6.56. The largest absolute Gasteiger partial charge is 0.504 e. The van der Waals surface area contributed by atoms with E-state index in [9.17, 15) is 5.11 Å². The van der Waals surface area contributed by atoms with E-state index in [2.05, 4.69) is 40.2 Å². The third-order valence-corrected chi connectivity index (χ3v) is 8.87. The van der Waals surface area contributed by atoms with Gasteiger partial charge in [0, 0.05) is 40.2 Å². The molecule has 2 N–H and O–H groups in total. The van der Waals surface area contributed by atoms with Crippen molar-refractivity contribution in [2.45, 2.75) is 50.0 Å². The minimum absolute atomic E-state index is 0.00913. The topological polar surface area (TPSA) is 48.5 Å². The Morgan fingerprint density at radius 1 is 1.16 bits per heavy atom. The van der Waals surface area contributed by atoms with Gasteiger partial charge in [-0.2, -0.15) is 0 Å². The van der Waals surface area contributed by atoms with E-state index in [-0.39, 0.29) is 5.41 Å². The van der Waals surface area contributed by atoms with E-state index >= 15 is 0 Å². The third kappa shape index (κ3) is 2.46. The molecule has 7 rings (SSSR count). The van der Waals surface area contributed by atoms with Crippen molar-refractivity contribution in [1.82, 2.24) is 9.88 Å². The quantitative estimate of drug-likeness (QED) is 0.660. The number of nitrogens with zero attached hydrogens (tertiary/aromatic N) is 1. The first kappa shape index (κ1) is 18.1. The number of fused-ring (bicyclic) bond motifs is 4. The predicted octanol–water partition coefficient (Wildman–Crippen LogP) is 4.58. The molecule has 3 aliphatic carbocycles. The third-order valence-electron chi connectivity index (χ3n) is 8.87. The Hall–Kier alpha value is -2.46. The lowest BCUT2D eigenvalue weighted by Gasteiger charge is -2.59. The SMILES string of the molecule is COc1ccc2c(c1O)[C@]13CCN(CC4CC4)[C@@H](C2)[C@@H]1Cc1c([nH]c2ccccc12)C3. The average Bonchev–Trinajstić information content (AvgIpc) is 3.53. The molecule has 1 aliphatic heterocycles. The van der Waals surface area contributed by atoms with Crippen LogP contribution >= 0.6 is 0 Å². The molecule has 4 nitrogen and oxygen atoms in total. The minimum Gasteiger partial charge on any atom is -0.504 e. The number of hydrogen-bond donors (Lipinski definition) is 2. The maximum atomic E-state index is 11.3. The lowest BCUT2D eigenvalue weighted by atomic mass is 9.52. The molecule has 4 heteroatoms. The molecular formula is C27H30N2O2. The molecule has 2 heterocycles.